The highest BCUT2D eigenvalue weighted by atomic mass is 32.2. The van der Waals surface area contributed by atoms with Gasteiger partial charge in [0.2, 0.25) is 5.96 Å². The van der Waals surface area contributed by atoms with E-state index < -0.39 is 10.0 Å². The molecule has 1 fully saturated rings. The lowest BCUT2D eigenvalue weighted by molar-refractivity contribution is 0.0832. The number of guanidine groups is 1. The summed E-state index contributed by atoms with van der Waals surface area (Å²) >= 11 is 0. The number of ether oxygens (including phenoxy) is 1. The maximum Gasteiger partial charge on any atom is 0.286 e. The fourth-order valence-electron chi connectivity index (χ4n) is 6.80. The van der Waals surface area contributed by atoms with Gasteiger partial charge in [-0.3, -0.25) is 0 Å². The Hall–Kier alpha value is -3.58. The topological polar surface area (TPSA) is 62.2 Å². The zero-order valence-corrected chi connectivity index (χ0v) is 26.1. The van der Waals surface area contributed by atoms with E-state index in [1.54, 1.807) is 0 Å². The van der Waals surface area contributed by atoms with Gasteiger partial charge >= 0.3 is 0 Å². The number of rotatable bonds is 6. The molecular weight excluding hydrogens is 542 g/mol. The predicted octanol–water partition coefficient (Wildman–Crippen LogP) is 6.72. The van der Waals surface area contributed by atoms with Crippen LogP contribution < -0.4 is 4.74 Å². The quantitative estimate of drug-likeness (QED) is 0.302. The second-order valence-corrected chi connectivity index (χ2v) is 14.2. The monoisotopic (exact) mass is 583 g/mol. The molecule has 0 aromatic heterocycles. The molecule has 1 saturated heterocycles. The molecule has 0 spiro atoms. The van der Waals surface area contributed by atoms with Crippen molar-refractivity contribution in [1.29, 1.82) is 0 Å². The number of sulfonamides is 1. The molecular formula is C35H41N3O3S. The minimum absolute atomic E-state index is 0.0919. The Morgan fingerprint density at radius 3 is 2.21 bits per heavy atom. The lowest BCUT2D eigenvalue weighted by atomic mass is 9.88. The van der Waals surface area contributed by atoms with E-state index in [2.05, 4.69) is 60.1 Å². The molecule has 0 amide bonds. The van der Waals surface area contributed by atoms with E-state index in [9.17, 15) is 8.42 Å². The summed E-state index contributed by atoms with van der Waals surface area (Å²) < 4.78 is 40.1. The Kier molecular flexibility index (Phi) is 7.42. The van der Waals surface area contributed by atoms with Crippen molar-refractivity contribution in [2.24, 2.45) is 10.3 Å². The van der Waals surface area contributed by atoms with Gasteiger partial charge in [-0.15, -0.1) is 4.40 Å². The molecule has 6 nitrogen and oxygen atoms in total. The highest BCUT2D eigenvalue weighted by Crippen LogP contribution is 2.43. The summed E-state index contributed by atoms with van der Waals surface area (Å²) in [6.45, 7) is 11.9. The summed E-state index contributed by atoms with van der Waals surface area (Å²) in [6, 6.07) is 20.6. The molecule has 0 bridgehead atoms. The molecule has 2 aliphatic heterocycles. The smallest absolute Gasteiger partial charge is 0.286 e. The van der Waals surface area contributed by atoms with Crippen molar-refractivity contribution < 1.29 is 13.2 Å². The van der Waals surface area contributed by atoms with Crippen LogP contribution in [0.4, 0.5) is 0 Å². The lowest BCUT2D eigenvalue weighted by Gasteiger charge is -2.46. The molecule has 0 N–H and O–H groups in total. The summed E-state index contributed by atoms with van der Waals surface area (Å²) in [5.74, 6) is 1.72. The van der Waals surface area contributed by atoms with Crippen LogP contribution in [0.25, 0.3) is 0 Å². The van der Waals surface area contributed by atoms with Crippen LogP contribution in [-0.4, -0.2) is 42.4 Å². The second-order valence-electron chi connectivity index (χ2n) is 12.6. The van der Waals surface area contributed by atoms with E-state index >= 15 is 0 Å². The molecule has 0 radical (unpaired) electrons. The molecule has 7 heteroatoms. The third-order valence-corrected chi connectivity index (χ3v) is 10.7. The van der Waals surface area contributed by atoms with E-state index in [0.29, 0.717) is 35.4 Å². The van der Waals surface area contributed by atoms with Crippen molar-refractivity contribution in [1.82, 2.24) is 9.80 Å². The maximum atomic E-state index is 14.5. The van der Waals surface area contributed by atoms with Crippen LogP contribution in [0.1, 0.15) is 60.1 Å². The van der Waals surface area contributed by atoms with Gasteiger partial charge in [0.05, 0.1) is 10.9 Å². The number of nitrogens with zero attached hydrogens (tertiary/aromatic N) is 3. The van der Waals surface area contributed by atoms with E-state index in [4.69, 9.17) is 9.13 Å². The lowest BCUT2D eigenvalue weighted by Crippen LogP contribution is -2.57. The molecule has 0 unspecified atom stereocenters. The van der Waals surface area contributed by atoms with Crippen LogP contribution in [0.15, 0.2) is 82.1 Å². The Morgan fingerprint density at radius 1 is 0.905 bits per heavy atom. The fourth-order valence-corrected chi connectivity index (χ4v) is 8.38. The number of benzene rings is 3. The molecule has 6 rings (SSSR count). The van der Waals surface area contributed by atoms with E-state index in [1.807, 2.05) is 57.2 Å². The average Bonchev–Trinajstić information content (AvgIpc) is 3.42. The third-order valence-electron chi connectivity index (χ3n) is 9.15. The van der Waals surface area contributed by atoms with Gasteiger partial charge < -0.3 is 14.5 Å². The van der Waals surface area contributed by atoms with Gasteiger partial charge in [0.15, 0.2) is 0 Å². The maximum absolute atomic E-state index is 14.5. The average molecular weight is 584 g/mol. The van der Waals surface area contributed by atoms with Crippen molar-refractivity contribution in [3.63, 3.8) is 0 Å². The molecule has 2 atom stereocenters. The van der Waals surface area contributed by atoms with Crippen LogP contribution >= 0.6 is 0 Å². The zero-order chi connectivity index (χ0) is 29.6. The van der Waals surface area contributed by atoms with E-state index in [-0.39, 0.29) is 11.6 Å². The highest BCUT2D eigenvalue weighted by molar-refractivity contribution is 7.90. The minimum Gasteiger partial charge on any atom is -0.487 e. The van der Waals surface area contributed by atoms with Crippen LogP contribution in [0.3, 0.4) is 0 Å². The summed E-state index contributed by atoms with van der Waals surface area (Å²) in [7, 11) is -4.06. The Balaban J connectivity index is 1.49. The molecule has 1 aliphatic carbocycles. The Labute approximate surface area is 250 Å². The van der Waals surface area contributed by atoms with E-state index in [0.717, 1.165) is 59.4 Å². The van der Waals surface area contributed by atoms with Crippen LogP contribution in [0.2, 0.25) is 0 Å². The van der Waals surface area contributed by atoms with Gasteiger partial charge in [-0.05, 0) is 87.3 Å². The van der Waals surface area contributed by atoms with Gasteiger partial charge in [-0.25, -0.2) is 0 Å². The Morgan fingerprint density at radius 2 is 1.55 bits per heavy atom. The van der Waals surface area contributed by atoms with E-state index in [1.165, 1.54) is 0 Å². The third kappa shape index (κ3) is 5.35. The molecule has 3 aromatic carbocycles. The van der Waals surface area contributed by atoms with Gasteiger partial charge in [-0.2, -0.15) is 8.42 Å². The van der Waals surface area contributed by atoms with Crippen molar-refractivity contribution >= 4 is 16.0 Å². The molecule has 220 valence electrons. The van der Waals surface area contributed by atoms with Gasteiger partial charge in [0.25, 0.3) is 10.0 Å². The largest absolute Gasteiger partial charge is 0.487 e. The number of allylic oxidation sites excluding steroid dienone is 1. The second kappa shape index (κ2) is 10.9. The van der Waals surface area contributed by atoms with Crippen LogP contribution in [-0.2, 0) is 29.5 Å². The van der Waals surface area contributed by atoms with Gasteiger partial charge in [0, 0.05) is 25.6 Å². The first-order valence-corrected chi connectivity index (χ1v) is 16.4. The number of hydrogen-bond acceptors (Lipinski definition) is 3. The fraction of sp³-hybridized carbons (Fsp3) is 0.400. The van der Waals surface area contributed by atoms with Crippen LogP contribution in [0.5, 0.6) is 5.75 Å². The number of fused-ring (bicyclic) bond motifs is 2. The minimum atomic E-state index is -4.06. The zero-order valence-electron chi connectivity index (χ0n) is 25.3. The first-order chi connectivity index (χ1) is 20.0. The summed E-state index contributed by atoms with van der Waals surface area (Å²) in [4.78, 5) is 4.69. The summed E-state index contributed by atoms with van der Waals surface area (Å²) in [5.41, 5.74) is 5.32. The normalized spacial score (nSPS) is 22.2. The molecule has 3 aliphatic rings. The summed E-state index contributed by atoms with van der Waals surface area (Å²) in [5, 5.41) is 0. The molecule has 42 heavy (non-hydrogen) atoms. The first-order valence-electron chi connectivity index (χ1n) is 15.0. The predicted molar refractivity (Wildman–Crippen MR) is 168 cm³/mol. The first kappa shape index (κ1) is 28.5. The summed E-state index contributed by atoms with van der Waals surface area (Å²) in [6.07, 6.45) is 7.05. The van der Waals surface area contributed by atoms with Gasteiger partial charge in [-0.1, -0.05) is 72.8 Å². The van der Waals surface area contributed by atoms with Crippen molar-refractivity contribution in [3.8, 4) is 5.75 Å². The molecule has 3 aromatic rings. The molecule has 2 heterocycles. The standard InChI is InChI=1S/C35H41N3O3S/c1-24-25(2)33(26(3)30-19-20-35(4,5)41-32(24)30)42(39,40)36-34-37(21-27-13-8-6-9-14-27)23-29-17-12-18-31(29)38(34)22-28-15-10-7-11-16-28/h6-16,18,29,31H,17,19-23H2,1-5H3/b36-34-/t29-,31-/m0/s1. The van der Waals surface area contributed by atoms with Gasteiger partial charge in [0.1, 0.15) is 11.4 Å². The van der Waals surface area contributed by atoms with Crippen molar-refractivity contribution in [2.75, 3.05) is 6.54 Å². The molecule has 0 saturated carbocycles. The van der Waals surface area contributed by atoms with Crippen LogP contribution in [0, 0.1) is 26.7 Å². The van der Waals surface area contributed by atoms with Crippen molar-refractivity contribution in [3.05, 3.63) is 106 Å². The SMILES string of the molecule is Cc1c(C)c(S(=O)(=O)/N=C2/N(Cc3ccccc3)C[C@@H]3CC=C[C@@H]3N2Cc2ccccc2)c(C)c2c1OC(C)(C)CC2. The Bertz CT molecular complexity index is 1650. The highest BCUT2D eigenvalue weighted by Gasteiger charge is 2.41. The number of hydrogen-bond donors (Lipinski definition) is 0. The van der Waals surface area contributed by atoms with Crippen molar-refractivity contribution in [2.45, 2.75) is 83.5 Å².